The SMILES string of the molecule is CCC(N)Cc1cnn(C2CCOC3(CCSCC3)C2)c1. The molecule has 5 heteroatoms. The van der Waals surface area contributed by atoms with Crippen LogP contribution in [0.3, 0.4) is 0 Å². The summed E-state index contributed by atoms with van der Waals surface area (Å²) in [4.78, 5) is 0. The van der Waals surface area contributed by atoms with Gasteiger partial charge in [-0.15, -0.1) is 0 Å². The van der Waals surface area contributed by atoms with Gasteiger partial charge < -0.3 is 10.5 Å². The predicted octanol–water partition coefficient (Wildman–Crippen LogP) is 2.78. The summed E-state index contributed by atoms with van der Waals surface area (Å²) in [6.07, 6.45) is 10.7. The van der Waals surface area contributed by atoms with E-state index in [4.69, 9.17) is 10.5 Å². The van der Waals surface area contributed by atoms with Gasteiger partial charge in [-0.2, -0.15) is 16.9 Å². The van der Waals surface area contributed by atoms with E-state index in [2.05, 4.69) is 34.7 Å². The molecule has 0 aromatic carbocycles. The summed E-state index contributed by atoms with van der Waals surface area (Å²) < 4.78 is 8.34. The molecule has 0 amide bonds. The van der Waals surface area contributed by atoms with Gasteiger partial charge in [-0.3, -0.25) is 4.68 Å². The Morgan fingerprint density at radius 3 is 3.10 bits per heavy atom. The Morgan fingerprint density at radius 1 is 1.52 bits per heavy atom. The number of nitrogens with zero attached hydrogens (tertiary/aromatic N) is 2. The zero-order valence-corrected chi connectivity index (χ0v) is 13.8. The summed E-state index contributed by atoms with van der Waals surface area (Å²) in [5, 5.41) is 4.61. The molecule has 0 saturated carbocycles. The molecule has 2 saturated heterocycles. The Balaban J connectivity index is 1.66. The zero-order valence-electron chi connectivity index (χ0n) is 13.0. The highest BCUT2D eigenvalue weighted by atomic mass is 32.2. The highest BCUT2D eigenvalue weighted by Gasteiger charge is 2.39. The number of thioether (sulfide) groups is 1. The van der Waals surface area contributed by atoms with Crippen molar-refractivity contribution in [1.82, 2.24) is 9.78 Å². The molecule has 1 aromatic rings. The zero-order chi connectivity index (χ0) is 14.7. The van der Waals surface area contributed by atoms with Crippen LogP contribution >= 0.6 is 11.8 Å². The van der Waals surface area contributed by atoms with Crippen molar-refractivity contribution in [2.24, 2.45) is 5.73 Å². The highest BCUT2D eigenvalue weighted by Crippen LogP contribution is 2.41. The maximum absolute atomic E-state index is 6.17. The van der Waals surface area contributed by atoms with Crippen molar-refractivity contribution in [3.63, 3.8) is 0 Å². The maximum Gasteiger partial charge on any atom is 0.0718 e. The first-order chi connectivity index (χ1) is 10.2. The van der Waals surface area contributed by atoms with Crippen molar-refractivity contribution in [3.05, 3.63) is 18.0 Å². The lowest BCUT2D eigenvalue weighted by molar-refractivity contribution is -0.100. The van der Waals surface area contributed by atoms with E-state index in [0.29, 0.717) is 6.04 Å². The minimum Gasteiger partial charge on any atom is -0.375 e. The van der Waals surface area contributed by atoms with Crippen molar-refractivity contribution in [3.8, 4) is 0 Å². The summed E-state index contributed by atoms with van der Waals surface area (Å²) in [7, 11) is 0. The highest BCUT2D eigenvalue weighted by molar-refractivity contribution is 7.99. The van der Waals surface area contributed by atoms with Gasteiger partial charge in [0.1, 0.15) is 0 Å². The Labute approximate surface area is 131 Å². The van der Waals surface area contributed by atoms with Crippen LogP contribution in [-0.2, 0) is 11.2 Å². The molecule has 2 N–H and O–H groups in total. The molecular formula is C16H27N3OS. The van der Waals surface area contributed by atoms with Gasteiger partial charge >= 0.3 is 0 Å². The van der Waals surface area contributed by atoms with Gasteiger partial charge in [0, 0.05) is 18.8 Å². The van der Waals surface area contributed by atoms with Crippen LogP contribution in [0.15, 0.2) is 12.4 Å². The van der Waals surface area contributed by atoms with Crippen molar-refractivity contribution in [1.29, 1.82) is 0 Å². The van der Waals surface area contributed by atoms with Crippen molar-refractivity contribution in [2.75, 3.05) is 18.1 Å². The molecular weight excluding hydrogens is 282 g/mol. The first-order valence-corrected chi connectivity index (χ1v) is 9.36. The van der Waals surface area contributed by atoms with Crippen molar-refractivity contribution >= 4 is 11.8 Å². The smallest absolute Gasteiger partial charge is 0.0718 e. The Kier molecular flexibility index (Phi) is 4.92. The molecule has 0 aliphatic carbocycles. The summed E-state index contributed by atoms with van der Waals surface area (Å²) in [5.74, 6) is 2.48. The lowest BCUT2D eigenvalue weighted by Crippen LogP contribution is -2.43. The molecule has 2 aliphatic rings. The molecule has 0 bridgehead atoms. The van der Waals surface area contributed by atoms with E-state index < -0.39 is 0 Å². The second-order valence-electron chi connectivity index (χ2n) is 6.49. The van der Waals surface area contributed by atoms with E-state index in [9.17, 15) is 0 Å². The third-order valence-electron chi connectivity index (χ3n) is 4.92. The van der Waals surface area contributed by atoms with Crippen LogP contribution in [0.5, 0.6) is 0 Å². The van der Waals surface area contributed by atoms with E-state index >= 15 is 0 Å². The number of hydrogen-bond donors (Lipinski definition) is 1. The summed E-state index contributed by atoms with van der Waals surface area (Å²) in [6, 6.07) is 0.743. The summed E-state index contributed by atoms with van der Waals surface area (Å²) in [6.45, 7) is 3.01. The largest absolute Gasteiger partial charge is 0.375 e. The van der Waals surface area contributed by atoms with E-state index in [1.807, 2.05) is 6.20 Å². The first-order valence-electron chi connectivity index (χ1n) is 8.21. The molecule has 3 rings (SSSR count). The number of rotatable bonds is 4. The van der Waals surface area contributed by atoms with Gasteiger partial charge in [0.25, 0.3) is 0 Å². The van der Waals surface area contributed by atoms with Crippen molar-refractivity contribution < 1.29 is 4.74 Å². The Morgan fingerprint density at radius 2 is 2.33 bits per heavy atom. The summed E-state index contributed by atoms with van der Waals surface area (Å²) in [5.41, 5.74) is 7.44. The number of ether oxygens (including phenoxy) is 1. The molecule has 21 heavy (non-hydrogen) atoms. The number of aromatic nitrogens is 2. The number of hydrogen-bond acceptors (Lipinski definition) is 4. The molecule has 2 unspecified atom stereocenters. The van der Waals surface area contributed by atoms with Crippen LogP contribution in [0.1, 0.15) is 50.6 Å². The van der Waals surface area contributed by atoms with E-state index in [1.165, 1.54) is 29.9 Å². The topological polar surface area (TPSA) is 53.1 Å². The normalized spacial score (nSPS) is 26.9. The molecule has 2 aliphatic heterocycles. The van der Waals surface area contributed by atoms with Gasteiger partial charge in [-0.1, -0.05) is 6.92 Å². The predicted molar refractivity (Wildman–Crippen MR) is 87.7 cm³/mol. The fraction of sp³-hybridized carbons (Fsp3) is 0.812. The third kappa shape index (κ3) is 3.63. The molecule has 0 radical (unpaired) electrons. The van der Waals surface area contributed by atoms with Crippen LogP contribution in [0, 0.1) is 0 Å². The minimum atomic E-state index is 0.125. The average Bonchev–Trinajstić information content (AvgIpc) is 2.96. The molecule has 1 aromatic heterocycles. The van der Waals surface area contributed by atoms with Gasteiger partial charge in [-0.25, -0.2) is 0 Å². The number of nitrogens with two attached hydrogens (primary N) is 1. The van der Waals surface area contributed by atoms with Gasteiger partial charge in [0.15, 0.2) is 0 Å². The van der Waals surface area contributed by atoms with Crippen LogP contribution in [0.2, 0.25) is 0 Å². The van der Waals surface area contributed by atoms with E-state index in [1.54, 1.807) is 0 Å². The standard InChI is InChI=1S/C16H27N3OS/c1-2-14(17)9-13-11-18-19(12-13)15-3-6-20-16(10-15)4-7-21-8-5-16/h11-12,14-15H,2-10,17H2,1H3. The molecule has 118 valence electrons. The van der Waals surface area contributed by atoms with Crippen LogP contribution < -0.4 is 5.73 Å². The lowest BCUT2D eigenvalue weighted by atomic mass is 9.85. The first kappa shape index (κ1) is 15.4. The third-order valence-corrected chi connectivity index (χ3v) is 5.91. The fourth-order valence-corrected chi connectivity index (χ4v) is 4.69. The maximum atomic E-state index is 6.17. The van der Waals surface area contributed by atoms with Gasteiger partial charge in [-0.05, 0) is 55.6 Å². The molecule has 2 atom stereocenters. The second kappa shape index (κ2) is 6.71. The Hall–Kier alpha value is -0.520. The molecule has 4 nitrogen and oxygen atoms in total. The minimum absolute atomic E-state index is 0.125. The second-order valence-corrected chi connectivity index (χ2v) is 7.72. The quantitative estimate of drug-likeness (QED) is 0.929. The molecule has 1 spiro atoms. The Bertz CT molecular complexity index is 451. The fourth-order valence-electron chi connectivity index (χ4n) is 3.45. The van der Waals surface area contributed by atoms with E-state index in [-0.39, 0.29) is 11.6 Å². The van der Waals surface area contributed by atoms with Gasteiger partial charge in [0.05, 0.1) is 17.8 Å². The lowest BCUT2D eigenvalue weighted by Gasteiger charge is -2.43. The van der Waals surface area contributed by atoms with Crippen molar-refractivity contribution in [2.45, 2.75) is 63.1 Å². The molecule has 2 fully saturated rings. The monoisotopic (exact) mass is 309 g/mol. The van der Waals surface area contributed by atoms with Gasteiger partial charge in [0.2, 0.25) is 0 Å². The van der Waals surface area contributed by atoms with Crippen LogP contribution in [0.25, 0.3) is 0 Å². The van der Waals surface area contributed by atoms with Crippen LogP contribution in [-0.4, -0.2) is 39.5 Å². The van der Waals surface area contributed by atoms with E-state index in [0.717, 1.165) is 32.3 Å². The molecule has 3 heterocycles. The van der Waals surface area contributed by atoms with Crippen LogP contribution in [0.4, 0.5) is 0 Å². The average molecular weight is 309 g/mol. The summed E-state index contributed by atoms with van der Waals surface area (Å²) >= 11 is 2.06.